The number of carboxylic acid groups (broad SMARTS) is 1. The normalized spacial score (nSPS) is 14.3. The van der Waals surface area contributed by atoms with E-state index in [0.717, 1.165) is 48.0 Å². The van der Waals surface area contributed by atoms with Crippen molar-refractivity contribution < 1.29 is 24.2 Å². The lowest BCUT2D eigenvalue weighted by atomic mass is 9.99. The fourth-order valence-electron chi connectivity index (χ4n) is 4.98. The van der Waals surface area contributed by atoms with Gasteiger partial charge in [0.05, 0.1) is 24.4 Å². The second-order valence-corrected chi connectivity index (χ2v) is 12.0. The molecule has 43 heavy (non-hydrogen) atoms. The molecule has 0 radical (unpaired) electrons. The van der Waals surface area contributed by atoms with Crippen molar-refractivity contribution in [3.05, 3.63) is 30.5 Å². The maximum atomic E-state index is 13.4. The summed E-state index contributed by atoms with van der Waals surface area (Å²) < 4.78 is 5.46. The number of hydrogen-bond donors (Lipinski definition) is 6. The van der Waals surface area contributed by atoms with Gasteiger partial charge in [-0.1, -0.05) is 40.2 Å². The van der Waals surface area contributed by atoms with E-state index in [2.05, 4.69) is 33.2 Å². The van der Waals surface area contributed by atoms with Crippen LogP contribution in [0.4, 0.5) is 5.69 Å². The Morgan fingerprint density at radius 1 is 0.977 bits per heavy atom. The molecule has 4 atom stereocenters. The number of hydrogen-bond acceptors (Lipinski definition) is 8. The Morgan fingerprint density at radius 3 is 2.33 bits per heavy atom. The molecular weight excluding hydrogens is 548 g/mol. The summed E-state index contributed by atoms with van der Waals surface area (Å²) in [5.74, 6) is -1.27. The van der Waals surface area contributed by atoms with Gasteiger partial charge in [0.1, 0.15) is 17.8 Å². The second kappa shape index (κ2) is 18.3. The van der Waals surface area contributed by atoms with Gasteiger partial charge >= 0.3 is 5.97 Å². The number of nitrogens with two attached hydrogens (primary N) is 1. The molecule has 0 saturated heterocycles. The van der Waals surface area contributed by atoms with Gasteiger partial charge in [0, 0.05) is 23.7 Å². The van der Waals surface area contributed by atoms with Crippen molar-refractivity contribution in [3.8, 4) is 5.75 Å². The minimum atomic E-state index is -1.10. The standard InChI is InChI=1S/C32H52N6O5/c1-20(2)17-27(31(40)38-28(21(3)4)32(41)42)37-30(39)25(13-7-8-14-33)34-15-9-11-22(5)36-26-19-24(43-6)18-23-12-10-16-35-29(23)26/h10,12,16,18-22,25,27-28,34,36H,7-9,11,13-15,17,33H2,1-6H3,(H,37,39)(H,38,40)(H,41,42)/t22?,25-,27-,28-/m0/s1. The average Bonchev–Trinajstić information content (AvgIpc) is 2.95. The monoisotopic (exact) mass is 600 g/mol. The number of carbonyl (C=O) groups is 3. The van der Waals surface area contributed by atoms with E-state index in [9.17, 15) is 19.5 Å². The Labute approximate surface area is 256 Å². The van der Waals surface area contributed by atoms with Crippen LogP contribution in [-0.4, -0.2) is 72.2 Å². The van der Waals surface area contributed by atoms with Gasteiger partial charge in [-0.2, -0.15) is 0 Å². The quantitative estimate of drug-likeness (QED) is 0.124. The molecule has 11 heteroatoms. The fourth-order valence-corrected chi connectivity index (χ4v) is 4.98. The average molecular weight is 601 g/mol. The van der Waals surface area contributed by atoms with Crippen LogP contribution in [0, 0.1) is 11.8 Å². The number of nitrogens with one attached hydrogen (secondary N) is 4. The number of unbranched alkanes of at least 4 members (excludes halogenated alkanes) is 1. The van der Waals surface area contributed by atoms with Crippen LogP contribution in [0.25, 0.3) is 10.9 Å². The van der Waals surface area contributed by atoms with Crippen LogP contribution in [0.5, 0.6) is 5.75 Å². The molecular formula is C32H52N6O5. The van der Waals surface area contributed by atoms with Gasteiger partial charge in [0.25, 0.3) is 0 Å². The van der Waals surface area contributed by atoms with Gasteiger partial charge in [-0.15, -0.1) is 0 Å². The minimum absolute atomic E-state index is 0.118. The topological polar surface area (TPSA) is 168 Å². The van der Waals surface area contributed by atoms with Gasteiger partial charge < -0.3 is 36.8 Å². The summed E-state index contributed by atoms with van der Waals surface area (Å²) in [6.07, 6.45) is 5.97. The molecule has 11 nitrogen and oxygen atoms in total. The highest BCUT2D eigenvalue weighted by Crippen LogP contribution is 2.28. The molecule has 2 rings (SSSR count). The van der Waals surface area contributed by atoms with Gasteiger partial charge in [0.2, 0.25) is 11.8 Å². The first-order chi connectivity index (χ1) is 20.5. The largest absolute Gasteiger partial charge is 0.497 e. The lowest BCUT2D eigenvalue weighted by Crippen LogP contribution is -2.56. The van der Waals surface area contributed by atoms with Gasteiger partial charge in [0.15, 0.2) is 0 Å². The van der Waals surface area contributed by atoms with E-state index < -0.39 is 30.0 Å². The van der Waals surface area contributed by atoms with E-state index in [4.69, 9.17) is 10.5 Å². The summed E-state index contributed by atoms with van der Waals surface area (Å²) in [6, 6.07) is 5.60. The summed E-state index contributed by atoms with van der Waals surface area (Å²) in [5, 5.41) is 23.0. The Balaban J connectivity index is 2.01. The van der Waals surface area contributed by atoms with Crippen molar-refractivity contribution in [3.63, 3.8) is 0 Å². The van der Waals surface area contributed by atoms with Crippen molar-refractivity contribution in [1.82, 2.24) is 20.9 Å². The predicted molar refractivity (Wildman–Crippen MR) is 171 cm³/mol. The number of aromatic nitrogens is 1. The summed E-state index contributed by atoms with van der Waals surface area (Å²) in [4.78, 5) is 42.7. The van der Waals surface area contributed by atoms with E-state index >= 15 is 0 Å². The van der Waals surface area contributed by atoms with Crippen LogP contribution in [-0.2, 0) is 14.4 Å². The number of nitrogens with zero attached hydrogens (tertiary/aromatic N) is 1. The molecule has 1 aromatic carbocycles. The Hall–Kier alpha value is -3.44. The van der Waals surface area contributed by atoms with Crippen molar-refractivity contribution >= 4 is 34.4 Å². The number of fused-ring (bicyclic) bond motifs is 1. The Kier molecular flexibility index (Phi) is 15.2. The molecule has 0 aliphatic heterocycles. The number of ether oxygens (including phenoxy) is 1. The number of carbonyl (C=O) groups excluding carboxylic acids is 2. The maximum absolute atomic E-state index is 13.4. The van der Waals surface area contributed by atoms with Crippen molar-refractivity contribution in [2.45, 2.75) is 97.3 Å². The number of anilines is 1. The zero-order valence-corrected chi connectivity index (χ0v) is 26.6. The van der Waals surface area contributed by atoms with Crippen LogP contribution >= 0.6 is 0 Å². The number of amides is 2. The summed E-state index contributed by atoms with van der Waals surface area (Å²) in [7, 11) is 1.65. The van der Waals surface area contributed by atoms with Crippen molar-refractivity contribution in [2.75, 3.05) is 25.5 Å². The van der Waals surface area contributed by atoms with Crippen LogP contribution in [0.1, 0.15) is 73.1 Å². The number of methoxy groups -OCH3 is 1. The number of pyridine rings is 1. The molecule has 2 amide bonds. The molecule has 0 bridgehead atoms. The maximum Gasteiger partial charge on any atom is 0.326 e. The molecule has 1 heterocycles. The molecule has 0 aliphatic carbocycles. The second-order valence-electron chi connectivity index (χ2n) is 12.0. The van der Waals surface area contributed by atoms with Crippen LogP contribution in [0.2, 0.25) is 0 Å². The summed E-state index contributed by atoms with van der Waals surface area (Å²) >= 11 is 0. The SMILES string of the molecule is COc1cc(NC(C)CCCN[C@@H](CCCCN)C(=O)N[C@@H](CC(C)C)C(=O)N[C@H](C(=O)O)C(C)C)c2ncccc2c1. The number of carboxylic acids is 1. The zero-order valence-electron chi connectivity index (χ0n) is 26.6. The molecule has 0 aliphatic rings. The van der Waals surface area contributed by atoms with E-state index in [1.54, 1.807) is 27.2 Å². The summed E-state index contributed by atoms with van der Waals surface area (Å²) in [6.45, 7) is 10.6. The molecule has 7 N–H and O–H groups in total. The number of rotatable bonds is 20. The molecule has 0 fully saturated rings. The molecule has 2 aromatic rings. The van der Waals surface area contributed by atoms with E-state index in [0.29, 0.717) is 25.9 Å². The Morgan fingerprint density at radius 2 is 1.70 bits per heavy atom. The van der Waals surface area contributed by atoms with E-state index in [-0.39, 0.29) is 23.8 Å². The molecule has 0 saturated carbocycles. The predicted octanol–water partition coefficient (Wildman–Crippen LogP) is 3.67. The third kappa shape index (κ3) is 12.0. The van der Waals surface area contributed by atoms with Gasteiger partial charge in [-0.25, -0.2) is 4.79 Å². The lowest BCUT2D eigenvalue weighted by molar-refractivity contribution is -0.143. The van der Waals surface area contributed by atoms with Crippen LogP contribution < -0.4 is 31.7 Å². The highest BCUT2D eigenvalue weighted by molar-refractivity contribution is 5.92. The highest BCUT2D eigenvalue weighted by atomic mass is 16.5. The Bertz CT molecular complexity index is 1170. The molecule has 0 spiro atoms. The van der Waals surface area contributed by atoms with E-state index in [1.165, 1.54) is 0 Å². The third-order valence-electron chi connectivity index (χ3n) is 7.35. The van der Waals surface area contributed by atoms with Crippen molar-refractivity contribution in [2.24, 2.45) is 17.6 Å². The number of benzene rings is 1. The first-order valence-electron chi connectivity index (χ1n) is 15.4. The highest BCUT2D eigenvalue weighted by Gasteiger charge is 2.30. The first-order valence-corrected chi connectivity index (χ1v) is 15.4. The van der Waals surface area contributed by atoms with Crippen LogP contribution in [0.15, 0.2) is 30.5 Å². The van der Waals surface area contributed by atoms with Crippen molar-refractivity contribution in [1.29, 1.82) is 0 Å². The van der Waals surface area contributed by atoms with Crippen LogP contribution in [0.3, 0.4) is 0 Å². The molecule has 1 unspecified atom stereocenters. The van der Waals surface area contributed by atoms with Gasteiger partial charge in [-0.05, 0) is 76.1 Å². The van der Waals surface area contributed by atoms with E-state index in [1.807, 2.05) is 38.1 Å². The fraction of sp³-hybridized carbons (Fsp3) is 0.625. The number of aliphatic carboxylic acids is 1. The lowest BCUT2D eigenvalue weighted by Gasteiger charge is -2.26. The zero-order chi connectivity index (χ0) is 31.9. The third-order valence-corrected chi connectivity index (χ3v) is 7.35. The first kappa shape index (κ1) is 35.8. The van der Waals surface area contributed by atoms with Gasteiger partial charge in [-0.3, -0.25) is 14.6 Å². The minimum Gasteiger partial charge on any atom is -0.497 e. The summed E-state index contributed by atoms with van der Waals surface area (Å²) in [5.41, 5.74) is 7.48. The molecule has 240 valence electrons. The smallest absolute Gasteiger partial charge is 0.326 e. The molecule has 1 aromatic heterocycles.